The zero-order valence-corrected chi connectivity index (χ0v) is 23.3. The maximum atomic E-state index is 13.0. The van der Waals surface area contributed by atoms with Crippen LogP contribution in [0.1, 0.15) is 36.9 Å². The monoisotopic (exact) mass is 565 g/mol. The summed E-state index contributed by atoms with van der Waals surface area (Å²) in [6.07, 6.45) is -0.526. The lowest BCUT2D eigenvalue weighted by Crippen LogP contribution is -2.44. The molecule has 0 radical (unpaired) electrons. The fourth-order valence-electron chi connectivity index (χ4n) is 4.25. The molecule has 0 spiro atoms. The number of nitrogens with two attached hydrogens (primary N) is 1. The van der Waals surface area contributed by atoms with E-state index in [2.05, 4.69) is 10.0 Å². The number of hydrogen-bond acceptors (Lipinski definition) is 7. The maximum absolute atomic E-state index is 13.0. The van der Waals surface area contributed by atoms with Gasteiger partial charge < -0.3 is 19.6 Å². The summed E-state index contributed by atoms with van der Waals surface area (Å²) >= 11 is 0. The number of aliphatic carboxylic acids is 1. The van der Waals surface area contributed by atoms with Crippen LogP contribution in [0.15, 0.2) is 76.0 Å². The number of fused-ring (bicyclic) bond motifs is 1. The minimum atomic E-state index is -4.02. The Bertz CT molecular complexity index is 1640. The zero-order chi connectivity index (χ0) is 29.2. The number of carboxylic acids is 1. The first-order chi connectivity index (χ1) is 18.9. The average Bonchev–Trinajstić information content (AvgIpc) is 3.24. The number of hydrogen-bond donors (Lipinski definition) is 4. The highest BCUT2D eigenvalue weighted by Crippen LogP contribution is 2.34. The summed E-state index contributed by atoms with van der Waals surface area (Å²) in [6, 6.07) is 17.2. The van der Waals surface area contributed by atoms with Crippen LogP contribution >= 0.6 is 0 Å². The topological polar surface area (TPSA) is 161 Å². The highest BCUT2D eigenvalue weighted by molar-refractivity contribution is 7.89. The number of ether oxygens (including phenoxy) is 1. The number of sulfonamides is 1. The molecule has 0 aliphatic rings. The molecule has 2 atom stereocenters. The summed E-state index contributed by atoms with van der Waals surface area (Å²) in [5.41, 5.74) is 8.99. The van der Waals surface area contributed by atoms with Crippen LogP contribution in [-0.4, -0.2) is 37.7 Å². The van der Waals surface area contributed by atoms with Crippen molar-refractivity contribution in [1.29, 1.82) is 0 Å². The number of aryl methyl sites for hydroxylation is 1. The van der Waals surface area contributed by atoms with Gasteiger partial charge in [-0.3, -0.25) is 15.3 Å². The molecular weight excluding hydrogens is 534 g/mol. The SMILES string of the molecule is Cc1c(C(=O)Nc2ccc(-c3ccc(S(=O)(=O)NC(C(=O)O)C(C)C)cc3)cc2)oc2cccc(O[C@@H](C)N)c12. The van der Waals surface area contributed by atoms with Crippen molar-refractivity contribution in [2.45, 2.75) is 44.9 Å². The molecule has 1 aromatic heterocycles. The van der Waals surface area contributed by atoms with Crippen LogP contribution in [-0.2, 0) is 14.8 Å². The largest absolute Gasteiger partial charge is 0.480 e. The Balaban J connectivity index is 1.48. The van der Waals surface area contributed by atoms with Gasteiger partial charge in [0.15, 0.2) is 5.76 Å². The Labute approximate surface area is 232 Å². The van der Waals surface area contributed by atoms with Crippen LogP contribution in [0.25, 0.3) is 22.1 Å². The van der Waals surface area contributed by atoms with Crippen LogP contribution in [0.2, 0.25) is 0 Å². The molecule has 10 nitrogen and oxygen atoms in total. The summed E-state index contributed by atoms with van der Waals surface area (Å²) in [5.74, 6) is -1.39. The van der Waals surface area contributed by atoms with Gasteiger partial charge in [0.1, 0.15) is 23.6 Å². The van der Waals surface area contributed by atoms with E-state index in [0.717, 1.165) is 11.1 Å². The second-order valence-electron chi connectivity index (χ2n) is 9.75. The minimum absolute atomic E-state index is 0.0392. The van der Waals surface area contributed by atoms with E-state index in [1.54, 1.807) is 82.3 Å². The summed E-state index contributed by atoms with van der Waals surface area (Å²) in [6.45, 7) is 6.75. The minimum Gasteiger partial charge on any atom is -0.480 e. The van der Waals surface area contributed by atoms with Gasteiger partial charge in [-0.25, -0.2) is 8.42 Å². The Hall–Kier alpha value is -4.19. The zero-order valence-electron chi connectivity index (χ0n) is 22.5. The molecule has 1 heterocycles. The summed E-state index contributed by atoms with van der Waals surface area (Å²) in [7, 11) is -4.02. The van der Waals surface area contributed by atoms with E-state index in [4.69, 9.17) is 14.9 Å². The van der Waals surface area contributed by atoms with E-state index in [1.807, 2.05) is 0 Å². The lowest BCUT2D eigenvalue weighted by Gasteiger charge is -2.18. The Morgan fingerprint density at radius 3 is 2.10 bits per heavy atom. The quantitative estimate of drug-likeness (QED) is 0.201. The van der Waals surface area contributed by atoms with E-state index < -0.39 is 40.1 Å². The Kier molecular flexibility index (Phi) is 8.29. The summed E-state index contributed by atoms with van der Waals surface area (Å²) in [4.78, 5) is 24.4. The number of carbonyl (C=O) groups is 2. The summed E-state index contributed by atoms with van der Waals surface area (Å²) < 4.78 is 39.1. The van der Waals surface area contributed by atoms with Crippen molar-refractivity contribution in [1.82, 2.24) is 4.72 Å². The molecular formula is C29H31N3O7S. The van der Waals surface area contributed by atoms with E-state index in [1.165, 1.54) is 12.1 Å². The number of carbonyl (C=O) groups excluding carboxylic acids is 1. The number of amides is 1. The Morgan fingerprint density at radius 1 is 0.950 bits per heavy atom. The predicted molar refractivity (Wildman–Crippen MR) is 152 cm³/mol. The maximum Gasteiger partial charge on any atom is 0.322 e. The number of benzene rings is 3. The van der Waals surface area contributed by atoms with E-state index in [9.17, 15) is 23.1 Å². The standard InChI is InChI=1S/C29H31N3O7S/c1-16(2)26(29(34)35)32-40(36,37)22-14-10-20(11-15-22)19-8-12-21(13-9-19)31-28(33)27-17(3)25-23(38-18(4)30)6-5-7-24(25)39-27/h5-16,18,26,32H,30H2,1-4H3,(H,31,33)(H,34,35)/t18-,26?/m0/s1. The highest BCUT2D eigenvalue weighted by Gasteiger charge is 2.28. The highest BCUT2D eigenvalue weighted by atomic mass is 32.2. The van der Waals surface area contributed by atoms with Gasteiger partial charge in [-0.2, -0.15) is 4.72 Å². The first kappa shape index (κ1) is 28.8. The van der Waals surface area contributed by atoms with Crippen LogP contribution < -0.4 is 20.5 Å². The molecule has 0 saturated carbocycles. The molecule has 0 aliphatic carbocycles. The smallest absolute Gasteiger partial charge is 0.322 e. The molecule has 0 bridgehead atoms. The van der Waals surface area contributed by atoms with Crippen molar-refractivity contribution in [2.75, 3.05) is 5.32 Å². The fraction of sp³-hybridized carbons (Fsp3) is 0.241. The molecule has 11 heteroatoms. The molecule has 0 fully saturated rings. The van der Waals surface area contributed by atoms with Crippen molar-refractivity contribution >= 4 is 38.6 Å². The van der Waals surface area contributed by atoms with Gasteiger partial charge in [0.05, 0.1) is 10.3 Å². The van der Waals surface area contributed by atoms with Crippen molar-refractivity contribution in [3.8, 4) is 16.9 Å². The second kappa shape index (κ2) is 11.5. The van der Waals surface area contributed by atoms with Gasteiger partial charge in [-0.15, -0.1) is 0 Å². The third-order valence-corrected chi connectivity index (χ3v) is 7.75. The molecule has 1 unspecified atom stereocenters. The first-order valence-corrected chi connectivity index (χ1v) is 14.1. The molecule has 3 aromatic carbocycles. The molecule has 4 aromatic rings. The van der Waals surface area contributed by atoms with E-state index in [0.29, 0.717) is 28.0 Å². The number of anilines is 1. The van der Waals surface area contributed by atoms with E-state index >= 15 is 0 Å². The lowest BCUT2D eigenvalue weighted by atomic mass is 10.1. The second-order valence-corrected chi connectivity index (χ2v) is 11.5. The van der Waals surface area contributed by atoms with Crippen molar-refractivity contribution < 1.29 is 32.3 Å². The summed E-state index contributed by atoms with van der Waals surface area (Å²) in [5, 5.41) is 12.8. The molecule has 0 saturated heterocycles. The molecule has 5 N–H and O–H groups in total. The number of carboxylic acid groups (broad SMARTS) is 1. The lowest BCUT2D eigenvalue weighted by molar-refractivity contribution is -0.140. The van der Waals surface area contributed by atoms with Gasteiger partial charge >= 0.3 is 5.97 Å². The molecule has 40 heavy (non-hydrogen) atoms. The third-order valence-electron chi connectivity index (χ3n) is 6.29. The van der Waals surface area contributed by atoms with Gasteiger partial charge in [-0.05, 0) is 67.3 Å². The van der Waals surface area contributed by atoms with E-state index in [-0.39, 0.29) is 10.7 Å². The van der Waals surface area contributed by atoms with Gasteiger partial charge in [-0.1, -0.05) is 44.2 Å². The number of rotatable bonds is 10. The van der Waals surface area contributed by atoms with Gasteiger partial charge in [0.2, 0.25) is 10.0 Å². The average molecular weight is 566 g/mol. The van der Waals surface area contributed by atoms with Crippen molar-refractivity contribution in [3.05, 3.63) is 78.1 Å². The van der Waals surface area contributed by atoms with Crippen molar-refractivity contribution in [3.63, 3.8) is 0 Å². The predicted octanol–water partition coefficient (Wildman–Crippen LogP) is 4.73. The van der Waals surface area contributed by atoms with Crippen LogP contribution in [0.3, 0.4) is 0 Å². The molecule has 210 valence electrons. The van der Waals surface area contributed by atoms with Crippen LogP contribution in [0.5, 0.6) is 5.75 Å². The molecule has 1 amide bonds. The normalized spacial score (nSPS) is 13.2. The van der Waals surface area contributed by atoms with Gasteiger partial charge in [0, 0.05) is 11.3 Å². The van der Waals surface area contributed by atoms with Gasteiger partial charge in [0.25, 0.3) is 5.91 Å². The molecule has 0 aliphatic heterocycles. The number of furan rings is 1. The van der Waals surface area contributed by atoms with Crippen molar-refractivity contribution in [2.24, 2.45) is 11.7 Å². The third kappa shape index (κ3) is 6.17. The van der Waals surface area contributed by atoms with Crippen LogP contribution in [0.4, 0.5) is 5.69 Å². The molecule has 4 rings (SSSR count). The Morgan fingerprint density at radius 2 is 1.55 bits per heavy atom. The van der Waals surface area contributed by atoms with Crippen LogP contribution in [0, 0.1) is 12.8 Å². The fourth-order valence-corrected chi connectivity index (χ4v) is 5.59. The number of nitrogens with one attached hydrogen (secondary N) is 2. The first-order valence-electron chi connectivity index (χ1n) is 12.6.